The van der Waals surface area contributed by atoms with Crippen LogP contribution in [0.15, 0.2) is 35.6 Å². The number of nitrogens with zero attached hydrogens (tertiary/aromatic N) is 1. The van der Waals surface area contributed by atoms with E-state index >= 15 is 0 Å². The normalized spacial score (nSPS) is 16.2. The summed E-state index contributed by atoms with van der Waals surface area (Å²) in [6.07, 6.45) is 17.4. The van der Waals surface area contributed by atoms with E-state index in [9.17, 15) is 19.1 Å². The highest BCUT2D eigenvalue weighted by atomic mass is 19.1. The van der Waals surface area contributed by atoms with Crippen molar-refractivity contribution in [1.82, 2.24) is 4.90 Å². The van der Waals surface area contributed by atoms with E-state index < -0.39 is 29.3 Å². The molecule has 1 aliphatic rings. The van der Waals surface area contributed by atoms with E-state index in [4.69, 9.17) is 0 Å². The van der Waals surface area contributed by atoms with E-state index in [0.717, 1.165) is 19.3 Å². The fourth-order valence-corrected chi connectivity index (χ4v) is 4.74. The summed E-state index contributed by atoms with van der Waals surface area (Å²) >= 11 is 0. The maximum Gasteiger partial charge on any atom is 0.290 e. The Morgan fingerprint density at radius 1 is 0.879 bits per heavy atom. The molecule has 184 valence electrons. The minimum Gasteiger partial charge on any atom is -0.503 e. The van der Waals surface area contributed by atoms with Crippen LogP contribution in [0.3, 0.4) is 0 Å². The molecule has 1 heterocycles. The average molecular weight is 460 g/mol. The smallest absolute Gasteiger partial charge is 0.290 e. The van der Waals surface area contributed by atoms with E-state index in [1.165, 1.54) is 88.5 Å². The van der Waals surface area contributed by atoms with Gasteiger partial charge in [-0.2, -0.15) is 0 Å². The van der Waals surface area contributed by atoms with Gasteiger partial charge in [-0.3, -0.25) is 9.59 Å². The lowest BCUT2D eigenvalue weighted by molar-refractivity contribution is -0.129. The number of aliphatic hydroxyl groups excluding tert-OH is 1. The fourth-order valence-electron chi connectivity index (χ4n) is 4.74. The molecule has 1 aromatic rings. The minimum atomic E-state index is -0.849. The van der Waals surface area contributed by atoms with Crippen LogP contribution in [0.25, 0.3) is 0 Å². The molecule has 0 fully saturated rings. The molecule has 33 heavy (non-hydrogen) atoms. The van der Waals surface area contributed by atoms with Crippen LogP contribution in [0.2, 0.25) is 0 Å². The molecule has 1 aromatic carbocycles. The van der Waals surface area contributed by atoms with Crippen LogP contribution in [0, 0.1) is 5.82 Å². The van der Waals surface area contributed by atoms with Gasteiger partial charge in [-0.05, 0) is 19.4 Å². The van der Waals surface area contributed by atoms with E-state index in [2.05, 4.69) is 6.92 Å². The Morgan fingerprint density at radius 3 is 1.85 bits per heavy atom. The van der Waals surface area contributed by atoms with Crippen molar-refractivity contribution >= 4 is 11.7 Å². The summed E-state index contributed by atoms with van der Waals surface area (Å²) in [7, 11) is 0. The van der Waals surface area contributed by atoms with Gasteiger partial charge >= 0.3 is 0 Å². The van der Waals surface area contributed by atoms with Crippen molar-refractivity contribution in [1.29, 1.82) is 0 Å². The number of carbonyl (C=O) groups excluding carboxylic acids is 2. The average Bonchev–Trinajstić information content (AvgIpc) is 3.04. The number of hydrogen-bond acceptors (Lipinski definition) is 3. The Kier molecular flexibility index (Phi) is 12.2. The van der Waals surface area contributed by atoms with Crippen molar-refractivity contribution < 1.29 is 19.1 Å². The van der Waals surface area contributed by atoms with E-state index in [0.29, 0.717) is 6.54 Å². The standard InChI is InChI=1S/C28H42FNO3/c1-3-4-5-6-7-8-9-10-11-12-13-14-15-18-21-30-26(23-19-16-17-20-24(23)29)25(22(2)31)27(32)28(30)33/h16-17,19-20,26,32H,3-15,18,21H2,1-2H3/t26-/m0/s1. The Hall–Kier alpha value is -2.17. The van der Waals surface area contributed by atoms with Crippen molar-refractivity contribution in [2.75, 3.05) is 6.54 Å². The molecule has 1 atom stereocenters. The van der Waals surface area contributed by atoms with Crippen LogP contribution < -0.4 is 0 Å². The van der Waals surface area contributed by atoms with Gasteiger partial charge in [-0.25, -0.2) is 4.39 Å². The second-order valence-corrected chi connectivity index (χ2v) is 9.34. The van der Waals surface area contributed by atoms with Crippen LogP contribution in [0.5, 0.6) is 0 Å². The molecule has 0 radical (unpaired) electrons. The van der Waals surface area contributed by atoms with Gasteiger partial charge in [0.05, 0.1) is 11.6 Å². The Balaban J connectivity index is 1.69. The molecule has 2 rings (SSSR count). The molecule has 0 bridgehead atoms. The number of amides is 1. The summed E-state index contributed by atoms with van der Waals surface area (Å²) in [6.45, 7) is 3.96. The monoisotopic (exact) mass is 459 g/mol. The SMILES string of the molecule is CCCCCCCCCCCCCCCCN1C(=O)C(O)=C(C(C)=O)[C@@H]1c1ccccc1F. The first-order valence-corrected chi connectivity index (χ1v) is 13.0. The van der Waals surface area contributed by atoms with Gasteiger partial charge in [-0.15, -0.1) is 0 Å². The summed E-state index contributed by atoms with van der Waals surface area (Å²) in [5.74, 6) is -2.00. The first-order valence-electron chi connectivity index (χ1n) is 13.0. The zero-order valence-electron chi connectivity index (χ0n) is 20.6. The van der Waals surface area contributed by atoms with E-state index in [1.54, 1.807) is 18.2 Å². The molecule has 0 aliphatic carbocycles. The molecule has 0 saturated carbocycles. The Bertz CT molecular complexity index is 789. The summed E-state index contributed by atoms with van der Waals surface area (Å²) in [6, 6.07) is 5.30. The van der Waals surface area contributed by atoms with Crippen molar-refractivity contribution in [3.8, 4) is 0 Å². The highest BCUT2D eigenvalue weighted by Gasteiger charge is 2.42. The summed E-state index contributed by atoms with van der Waals surface area (Å²) in [5.41, 5.74) is 0.251. The predicted octanol–water partition coefficient (Wildman–Crippen LogP) is 7.59. The minimum absolute atomic E-state index is 0.00420. The molecule has 5 heteroatoms. The van der Waals surface area contributed by atoms with Crippen LogP contribution >= 0.6 is 0 Å². The largest absolute Gasteiger partial charge is 0.503 e. The molecule has 0 unspecified atom stereocenters. The molecular formula is C28H42FNO3. The second-order valence-electron chi connectivity index (χ2n) is 9.34. The Labute approximate surface area is 199 Å². The van der Waals surface area contributed by atoms with Gasteiger partial charge in [0.15, 0.2) is 11.5 Å². The summed E-state index contributed by atoms with van der Waals surface area (Å²) < 4.78 is 14.5. The number of rotatable bonds is 17. The van der Waals surface area contributed by atoms with Crippen molar-refractivity contribution in [2.45, 2.75) is 110 Å². The van der Waals surface area contributed by atoms with Crippen molar-refractivity contribution in [2.24, 2.45) is 0 Å². The lowest BCUT2D eigenvalue weighted by atomic mass is 9.96. The van der Waals surface area contributed by atoms with Gasteiger partial charge in [0, 0.05) is 12.1 Å². The third-order valence-electron chi connectivity index (χ3n) is 6.64. The van der Waals surface area contributed by atoms with Crippen LogP contribution in [0.4, 0.5) is 4.39 Å². The summed E-state index contributed by atoms with van der Waals surface area (Å²) in [4.78, 5) is 26.2. The third-order valence-corrected chi connectivity index (χ3v) is 6.64. The second kappa shape index (κ2) is 14.9. The number of halogens is 1. The zero-order valence-corrected chi connectivity index (χ0v) is 20.6. The highest BCUT2D eigenvalue weighted by molar-refractivity contribution is 6.08. The number of aliphatic hydroxyl groups is 1. The Morgan fingerprint density at radius 2 is 1.36 bits per heavy atom. The maximum absolute atomic E-state index is 14.5. The van der Waals surface area contributed by atoms with Crippen molar-refractivity contribution in [3.63, 3.8) is 0 Å². The molecule has 4 nitrogen and oxygen atoms in total. The van der Waals surface area contributed by atoms with Crippen molar-refractivity contribution in [3.05, 3.63) is 47.0 Å². The first-order chi connectivity index (χ1) is 16.0. The highest BCUT2D eigenvalue weighted by Crippen LogP contribution is 2.38. The number of benzene rings is 1. The molecule has 0 saturated heterocycles. The number of Topliss-reactive ketones (excluding diaryl/α,β-unsaturated/α-hetero) is 1. The van der Waals surface area contributed by atoms with Crippen LogP contribution in [-0.2, 0) is 9.59 Å². The quantitative estimate of drug-likeness (QED) is 0.244. The van der Waals surface area contributed by atoms with Gasteiger partial charge < -0.3 is 10.0 Å². The molecule has 1 N–H and O–H groups in total. The molecular weight excluding hydrogens is 417 g/mol. The molecule has 1 amide bonds. The first kappa shape index (κ1) is 27.1. The number of unbranched alkanes of at least 4 members (excludes halogenated alkanes) is 13. The van der Waals surface area contributed by atoms with Gasteiger partial charge in [0.2, 0.25) is 0 Å². The molecule has 1 aliphatic heterocycles. The number of carbonyl (C=O) groups is 2. The van der Waals surface area contributed by atoms with Gasteiger partial charge in [-0.1, -0.05) is 109 Å². The predicted molar refractivity (Wildman–Crippen MR) is 132 cm³/mol. The van der Waals surface area contributed by atoms with E-state index in [-0.39, 0.29) is 11.1 Å². The molecule has 0 spiro atoms. The maximum atomic E-state index is 14.5. The third kappa shape index (κ3) is 8.28. The topological polar surface area (TPSA) is 57.6 Å². The van der Waals surface area contributed by atoms with Crippen LogP contribution in [-0.4, -0.2) is 28.2 Å². The zero-order chi connectivity index (χ0) is 24.1. The summed E-state index contributed by atoms with van der Waals surface area (Å²) in [5, 5.41) is 10.3. The van der Waals surface area contributed by atoms with Crippen LogP contribution in [0.1, 0.15) is 115 Å². The number of hydrogen-bond donors (Lipinski definition) is 1. The van der Waals surface area contributed by atoms with Gasteiger partial charge in [0.25, 0.3) is 5.91 Å². The lowest BCUT2D eigenvalue weighted by Gasteiger charge is -2.27. The fraction of sp³-hybridized carbons (Fsp3) is 0.643. The number of ketones is 1. The van der Waals surface area contributed by atoms with E-state index in [1.807, 2.05) is 0 Å². The lowest BCUT2D eigenvalue weighted by Crippen LogP contribution is -2.32. The molecule has 0 aromatic heterocycles. The van der Waals surface area contributed by atoms with Gasteiger partial charge in [0.1, 0.15) is 5.82 Å².